The van der Waals surface area contributed by atoms with Gasteiger partial charge in [-0.05, 0) is 0 Å². The zero-order chi connectivity index (χ0) is 5.15. The van der Waals surface area contributed by atoms with Crippen LogP contribution in [0.4, 0.5) is 4.79 Å². The van der Waals surface area contributed by atoms with E-state index in [1.807, 2.05) is 0 Å². The molecule has 0 aromatic rings. The molecule has 4 heteroatoms. The van der Waals surface area contributed by atoms with Crippen molar-refractivity contribution in [2.45, 2.75) is 0 Å². The largest absolute Gasteiger partial charge is 0.465 e. The SMILES string of the molecule is CN(C)C(=O)O.[Mo]. The monoisotopic (exact) mass is 187 g/mol. The van der Waals surface area contributed by atoms with Crippen molar-refractivity contribution < 1.29 is 31.0 Å². The van der Waals surface area contributed by atoms with Gasteiger partial charge in [0.25, 0.3) is 0 Å². The Bertz CT molecular complexity index is 64.0. The Labute approximate surface area is 56.6 Å². The quantitative estimate of drug-likeness (QED) is 0.548. The second-order valence-electron chi connectivity index (χ2n) is 1.18. The van der Waals surface area contributed by atoms with E-state index < -0.39 is 6.09 Å². The predicted molar refractivity (Wildman–Crippen MR) is 21.7 cm³/mol. The minimum atomic E-state index is -0.907. The maximum Gasteiger partial charge on any atom is 0.406 e. The van der Waals surface area contributed by atoms with E-state index >= 15 is 0 Å². The van der Waals surface area contributed by atoms with Crippen molar-refractivity contribution in [1.82, 2.24) is 4.90 Å². The average molecular weight is 185 g/mol. The fraction of sp³-hybridized carbons (Fsp3) is 0.667. The van der Waals surface area contributed by atoms with Gasteiger partial charge in [0.15, 0.2) is 0 Å². The minimum absolute atomic E-state index is 0. The molecule has 0 fully saturated rings. The first-order valence-electron chi connectivity index (χ1n) is 1.55. The Hall–Kier alpha value is -0.0417. The molecule has 1 amide bonds. The van der Waals surface area contributed by atoms with Crippen LogP contribution >= 0.6 is 0 Å². The van der Waals surface area contributed by atoms with Gasteiger partial charge >= 0.3 is 6.09 Å². The van der Waals surface area contributed by atoms with Gasteiger partial charge in [0, 0.05) is 35.2 Å². The fourth-order valence-electron chi connectivity index (χ4n) is 0. The Morgan fingerprint density at radius 2 is 1.71 bits per heavy atom. The average Bonchev–Trinajstić information content (AvgIpc) is 1.36. The van der Waals surface area contributed by atoms with Gasteiger partial charge in [-0.25, -0.2) is 4.79 Å². The molecule has 0 bridgehead atoms. The molecule has 1 N–H and O–H groups in total. The van der Waals surface area contributed by atoms with Crippen LogP contribution in [0, 0.1) is 0 Å². The number of hydrogen-bond donors (Lipinski definition) is 1. The third kappa shape index (κ3) is 5.96. The van der Waals surface area contributed by atoms with Crippen LogP contribution in [0.2, 0.25) is 0 Å². The zero-order valence-corrected chi connectivity index (χ0v) is 6.22. The first kappa shape index (κ1) is 10.0. The van der Waals surface area contributed by atoms with Gasteiger partial charge in [0.1, 0.15) is 0 Å². The van der Waals surface area contributed by atoms with Gasteiger partial charge in [0.2, 0.25) is 0 Å². The van der Waals surface area contributed by atoms with Crippen molar-refractivity contribution in [3.63, 3.8) is 0 Å². The third-order valence-corrected chi connectivity index (χ3v) is 0.383. The molecule has 0 aliphatic carbocycles. The van der Waals surface area contributed by atoms with E-state index in [1.54, 1.807) is 0 Å². The van der Waals surface area contributed by atoms with E-state index in [-0.39, 0.29) is 21.1 Å². The molecule has 0 atom stereocenters. The number of carbonyl (C=O) groups is 1. The second-order valence-corrected chi connectivity index (χ2v) is 1.18. The first-order chi connectivity index (χ1) is 2.64. The van der Waals surface area contributed by atoms with Gasteiger partial charge in [-0.15, -0.1) is 0 Å². The van der Waals surface area contributed by atoms with E-state index in [4.69, 9.17) is 5.11 Å². The molecule has 0 unspecified atom stereocenters. The second kappa shape index (κ2) is 4.13. The van der Waals surface area contributed by atoms with E-state index in [9.17, 15) is 4.79 Å². The molecular weight excluding hydrogens is 178 g/mol. The molecule has 0 radical (unpaired) electrons. The molecule has 0 aromatic carbocycles. The summed E-state index contributed by atoms with van der Waals surface area (Å²) in [5, 5.41) is 7.92. The molecule has 0 aromatic heterocycles. The number of hydrogen-bond acceptors (Lipinski definition) is 1. The van der Waals surface area contributed by atoms with Crippen LogP contribution in [0.25, 0.3) is 0 Å². The third-order valence-electron chi connectivity index (χ3n) is 0.383. The number of amides is 1. The van der Waals surface area contributed by atoms with Crippen molar-refractivity contribution in [1.29, 1.82) is 0 Å². The van der Waals surface area contributed by atoms with Crippen molar-refractivity contribution in [3.8, 4) is 0 Å². The Kier molecular flexibility index (Phi) is 5.92. The van der Waals surface area contributed by atoms with Crippen LogP contribution in [-0.2, 0) is 21.1 Å². The summed E-state index contributed by atoms with van der Waals surface area (Å²) in [7, 11) is 2.95. The summed E-state index contributed by atoms with van der Waals surface area (Å²) in [6.07, 6.45) is -0.907. The van der Waals surface area contributed by atoms with Gasteiger partial charge in [-0.1, -0.05) is 0 Å². The van der Waals surface area contributed by atoms with Crippen LogP contribution in [0.5, 0.6) is 0 Å². The molecule has 0 saturated carbocycles. The van der Waals surface area contributed by atoms with Crippen LogP contribution in [0.15, 0.2) is 0 Å². The van der Waals surface area contributed by atoms with E-state index in [1.165, 1.54) is 14.1 Å². The van der Waals surface area contributed by atoms with Gasteiger partial charge in [-0.2, -0.15) is 0 Å². The smallest absolute Gasteiger partial charge is 0.406 e. The van der Waals surface area contributed by atoms with Crippen LogP contribution in [0.1, 0.15) is 0 Å². The Balaban J connectivity index is 0. The number of rotatable bonds is 0. The van der Waals surface area contributed by atoms with Crippen LogP contribution in [0.3, 0.4) is 0 Å². The minimum Gasteiger partial charge on any atom is -0.465 e. The van der Waals surface area contributed by atoms with Crippen LogP contribution in [-0.4, -0.2) is 30.2 Å². The first-order valence-corrected chi connectivity index (χ1v) is 1.55. The molecule has 0 aliphatic rings. The zero-order valence-electron chi connectivity index (χ0n) is 4.21. The summed E-state index contributed by atoms with van der Waals surface area (Å²) in [6, 6.07) is 0. The van der Waals surface area contributed by atoms with Crippen molar-refractivity contribution in [2.75, 3.05) is 14.1 Å². The number of carboxylic acid groups (broad SMARTS) is 1. The summed E-state index contributed by atoms with van der Waals surface area (Å²) < 4.78 is 0. The van der Waals surface area contributed by atoms with Gasteiger partial charge in [-0.3, -0.25) is 0 Å². The topological polar surface area (TPSA) is 40.5 Å². The van der Waals surface area contributed by atoms with E-state index in [0.29, 0.717) is 0 Å². The molecule has 0 spiro atoms. The number of nitrogens with zero attached hydrogens (tertiary/aromatic N) is 1. The van der Waals surface area contributed by atoms with Crippen molar-refractivity contribution >= 4 is 6.09 Å². The fourth-order valence-corrected chi connectivity index (χ4v) is 0. The summed E-state index contributed by atoms with van der Waals surface area (Å²) in [4.78, 5) is 10.7. The molecule has 0 aliphatic heterocycles. The standard InChI is InChI=1S/C3H7NO2.Mo/c1-4(2)3(5)6;/h1-2H3,(H,5,6);. The molecule has 0 heterocycles. The normalized spacial score (nSPS) is 6.57. The predicted octanol–water partition coefficient (Wildman–Crippen LogP) is 0.224. The molecule has 7 heavy (non-hydrogen) atoms. The molecular formula is C3H7MoNO2. The van der Waals surface area contributed by atoms with Crippen molar-refractivity contribution in [3.05, 3.63) is 0 Å². The Morgan fingerprint density at radius 1 is 1.57 bits per heavy atom. The van der Waals surface area contributed by atoms with E-state index in [2.05, 4.69) is 0 Å². The molecule has 0 rings (SSSR count). The molecule has 3 nitrogen and oxygen atoms in total. The Morgan fingerprint density at radius 3 is 1.71 bits per heavy atom. The van der Waals surface area contributed by atoms with Crippen LogP contribution < -0.4 is 0 Å². The van der Waals surface area contributed by atoms with E-state index in [0.717, 1.165) is 4.90 Å². The summed E-state index contributed by atoms with van der Waals surface area (Å²) in [6.45, 7) is 0. The molecule has 42 valence electrons. The van der Waals surface area contributed by atoms with Gasteiger partial charge in [0.05, 0.1) is 0 Å². The maximum atomic E-state index is 9.62. The van der Waals surface area contributed by atoms with Gasteiger partial charge < -0.3 is 10.0 Å². The maximum absolute atomic E-state index is 9.62. The molecule has 0 saturated heterocycles. The summed E-state index contributed by atoms with van der Waals surface area (Å²) >= 11 is 0. The summed E-state index contributed by atoms with van der Waals surface area (Å²) in [5.41, 5.74) is 0. The summed E-state index contributed by atoms with van der Waals surface area (Å²) in [5.74, 6) is 0. The van der Waals surface area contributed by atoms with Crippen molar-refractivity contribution in [2.24, 2.45) is 0 Å².